The average molecular weight is 248 g/mol. The smallest absolute Gasteiger partial charge is 0.252 e. The van der Waals surface area contributed by atoms with Crippen molar-refractivity contribution in [2.24, 2.45) is 11.7 Å². The fraction of sp³-hybridized carbons (Fsp3) is 0.357. The van der Waals surface area contributed by atoms with Crippen LogP contribution in [-0.4, -0.2) is 19.0 Å². The SMILES string of the molecule is CC(C)CNC(=O)c1ccc(F)cc1C#CCN. The summed E-state index contributed by atoms with van der Waals surface area (Å²) in [4.78, 5) is 11.9. The molecule has 0 spiro atoms. The van der Waals surface area contributed by atoms with Crippen LogP contribution in [0.1, 0.15) is 29.8 Å². The van der Waals surface area contributed by atoms with Crippen molar-refractivity contribution in [3.05, 3.63) is 35.1 Å². The Kier molecular flexibility index (Phi) is 5.34. The summed E-state index contributed by atoms with van der Waals surface area (Å²) in [5.74, 6) is 5.02. The van der Waals surface area contributed by atoms with Crippen LogP contribution in [-0.2, 0) is 0 Å². The van der Waals surface area contributed by atoms with Gasteiger partial charge in [-0.25, -0.2) is 4.39 Å². The molecule has 96 valence electrons. The van der Waals surface area contributed by atoms with Gasteiger partial charge >= 0.3 is 0 Å². The van der Waals surface area contributed by atoms with Crippen molar-refractivity contribution in [2.45, 2.75) is 13.8 Å². The van der Waals surface area contributed by atoms with E-state index in [9.17, 15) is 9.18 Å². The highest BCUT2D eigenvalue weighted by atomic mass is 19.1. The van der Waals surface area contributed by atoms with Crippen LogP contribution in [0.3, 0.4) is 0 Å². The Labute approximate surface area is 107 Å². The van der Waals surface area contributed by atoms with E-state index in [0.29, 0.717) is 23.6 Å². The molecular formula is C14H17FN2O. The number of benzene rings is 1. The summed E-state index contributed by atoms with van der Waals surface area (Å²) in [5.41, 5.74) is 6.01. The maximum atomic E-state index is 13.1. The summed E-state index contributed by atoms with van der Waals surface area (Å²) in [5, 5.41) is 2.77. The van der Waals surface area contributed by atoms with E-state index in [2.05, 4.69) is 17.2 Å². The molecule has 0 aromatic heterocycles. The van der Waals surface area contributed by atoms with Gasteiger partial charge in [-0.2, -0.15) is 0 Å². The third kappa shape index (κ3) is 4.19. The second-order valence-electron chi connectivity index (χ2n) is 4.30. The van der Waals surface area contributed by atoms with Crippen LogP contribution in [0, 0.1) is 23.6 Å². The molecule has 0 saturated heterocycles. The van der Waals surface area contributed by atoms with Crippen molar-refractivity contribution < 1.29 is 9.18 Å². The van der Waals surface area contributed by atoms with Crippen LogP contribution >= 0.6 is 0 Å². The second kappa shape index (κ2) is 6.77. The Morgan fingerprint density at radius 3 is 2.83 bits per heavy atom. The predicted molar refractivity (Wildman–Crippen MR) is 69.5 cm³/mol. The van der Waals surface area contributed by atoms with Crippen LogP contribution in [0.15, 0.2) is 18.2 Å². The van der Waals surface area contributed by atoms with E-state index in [1.54, 1.807) is 0 Å². The Hall–Kier alpha value is -1.86. The van der Waals surface area contributed by atoms with E-state index in [0.717, 1.165) is 0 Å². The van der Waals surface area contributed by atoms with Gasteiger partial charge in [-0.1, -0.05) is 25.7 Å². The van der Waals surface area contributed by atoms with Gasteiger partial charge in [0, 0.05) is 12.1 Å². The third-order valence-electron chi connectivity index (χ3n) is 2.22. The van der Waals surface area contributed by atoms with Gasteiger partial charge < -0.3 is 11.1 Å². The Balaban J connectivity index is 2.96. The molecule has 3 N–H and O–H groups in total. The Morgan fingerprint density at radius 1 is 1.50 bits per heavy atom. The second-order valence-corrected chi connectivity index (χ2v) is 4.30. The molecule has 0 saturated carbocycles. The summed E-state index contributed by atoms with van der Waals surface area (Å²) in [6, 6.07) is 3.93. The molecule has 0 heterocycles. The van der Waals surface area contributed by atoms with E-state index >= 15 is 0 Å². The first-order valence-electron chi connectivity index (χ1n) is 5.81. The number of carbonyl (C=O) groups is 1. The minimum Gasteiger partial charge on any atom is -0.352 e. The molecule has 18 heavy (non-hydrogen) atoms. The first-order valence-corrected chi connectivity index (χ1v) is 5.81. The predicted octanol–water partition coefficient (Wildman–Crippen LogP) is 1.52. The zero-order valence-electron chi connectivity index (χ0n) is 10.6. The first-order chi connectivity index (χ1) is 8.54. The molecule has 0 aliphatic rings. The lowest BCUT2D eigenvalue weighted by atomic mass is 10.1. The Bertz CT molecular complexity index is 486. The first kappa shape index (κ1) is 14.2. The molecule has 0 atom stereocenters. The lowest BCUT2D eigenvalue weighted by Gasteiger charge is -2.09. The van der Waals surface area contributed by atoms with Gasteiger partial charge in [-0.05, 0) is 24.1 Å². The topological polar surface area (TPSA) is 55.1 Å². The number of rotatable bonds is 3. The Morgan fingerprint density at radius 2 is 2.22 bits per heavy atom. The normalized spacial score (nSPS) is 9.83. The van der Waals surface area contributed by atoms with Crippen LogP contribution < -0.4 is 11.1 Å². The van der Waals surface area contributed by atoms with Crippen LogP contribution in [0.25, 0.3) is 0 Å². The molecular weight excluding hydrogens is 231 g/mol. The fourth-order valence-electron chi connectivity index (χ4n) is 1.36. The largest absolute Gasteiger partial charge is 0.352 e. The van der Waals surface area contributed by atoms with Gasteiger partial charge in [0.1, 0.15) is 5.82 Å². The number of carbonyl (C=O) groups excluding carboxylic acids is 1. The summed E-state index contributed by atoms with van der Waals surface area (Å²) < 4.78 is 13.1. The number of halogens is 1. The van der Waals surface area contributed by atoms with Gasteiger partial charge in [0.15, 0.2) is 0 Å². The minimum atomic E-state index is -0.420. The van der Waals surface area contributed by atoms with Crippen LogP contribution in [0.2, 0.25) is 0 Å². The zero-order valence-corrected chi connectivity index (χ0v) is 10.6. The fourth-order valence-corrected chi connectivity index (χ4v) is 1.36. The molecule has 0 bridgehead atoms. The van der Waals surface area contributed by atoms with Crippen molar-refractivity contribution in [3.8, 4) is 11.8 Å². The molecule has 1 rings (SSSR count). The van der Waals surface area contributed by atoms with Gasteiger partial charge in [0.2, 0.25) is 0 Å². The molecule has 3 nitrogen and oxygen atoms in total. The zero-order chi connectivity index (χ0) is 13.5. The molecule has 0 aliphatic heterocycles. The molecule has 0 unspecified atom stereocenters. The summed E-state index contributed by atoms with van der Waals surface area (Å²) in [6.45, 7) is 4.74. The quantitative estimate of drug-likeness (QED) is 0.797. The van der Waals surface area contributed by atoms with Crippen molar-refractivity contribution in [2.75, 3.05) is 13.1 Å². The highest BCUT2D eigenvalue weighted by Gasteiger charge is 2.11. The number of amides is 1. The summed E-state index contributed by atoms with van der Waals surface area (Å²) in [6.07, 6.45) is 0. The number of nitrogens with two attached hydrogens (primary N) is 1. The van der Waals surface area contributed by atoms with Gasteiger partial charge in [0.25, 0.3) is 5.91 Å². The maximum Gasteiger partial charge on any atom is 0.252 e. The molecule has 1 aromatic rings. The van der Waals surface area contributed by atoms with E-state index in [1.807, 2.05) is 13.8 Å². The van der Waals surface area contributed by atoms with E-state index in [-0.39, 0.29) is 12.5 Å². The van der Waals surface area contributed by atoms with Crippen molar-refractivity contribution in [1.29, 1.82) is 0 Å². The number of nitrogens with one attached hydrogen (secondary N) is 1. The third-order valence-corrected chi connectivity index (χ3v) is 2.22. The highest BCUT2D eigenvalue weighted by Crippen LogP contribution is 2.10. The number of hydrogen-bond donors (Lipinski definition) is 2. The van der Waals surface area contributed by atoms with Crippen molar-refractivity contribution >= 4 is 5.91 Å². The minimum absolute atomic E-state index is 0.170. The van der Waals surface area contributed by atoms with Crippen molar-refractivity contribution in [1.82, 2.24) is 5.32 Å². The molecule has 1 aromatic carbocycles. The molecule has 4 heteroatoms. The highest BCUT2D eigenvalue weighted by molar-refractivity contribution is 5.96. The van der Waals surface area contributed by atoms with Gasteiger partial charge in [0.05, 0.1) is 12.1 Å². The molecule has 1 amide bonds. The van der Waals surface area contributed by atoms with E-state index < -0.39 is 5.82 Å². The average Bonchev–Trinajstić information content (AvgIpc) is 2.33. The van der Waals surface area contributed by atoms with Crippen LogP contribution in [0.4, 0.5) is 4.39 Å². The van der Waals surface area contributed by atoms with E-state index in [1.165, 1.54) is 18.2 Å². The lowest BCUT2D eigenvalue weighted by Crippen LogP contribution is -2.28. The molecule has 0 fully saturated rings. The molecule has 0 aliphatic carbocycles. The monoisotopic (exact) mass is 248 g/mol. The molecule has 0 radical (unpaired) electrons. The van der Waals surface area contributed by atoms with Crippen LogP contribution in [0.5, 0.6) is 0 Å². The van der Waals surface area contributed by atoms with Crippen molar-refractivity contribution in [3.63, 3.8) is 0 Å². The van der Waals surface area contributed by atoms with E-state index in [4.69, 9.17) is 5.73 Å². The standard InChI is InChI=1S/C14H17FN2O/c1-10(2)9-17-14(18)13-6-5-12(15)8-11(13)4-3-7-16/h5-6,8,10H,7,9,16H2,1-2H3,(H,17,18). The summed E-state index contributed by atoms with van der Waals surface area (Å²) in [7, 11) is 0. The summed E-state index contributed by atoms with van der Waals surface area (Å²) >= 11 is 0. The number of hydrogen-bond acceptors (Lipinski definition) is 2. The van der Waals surface area contributed by atoms with Gasteiger partial charge in [-0.15, -0.1) is 0 Å². The maximum absolute atomic E-state index is 13.1. The lowest BCUT2D eigenvalue weighted by molar-refractivity contribution is 0.0948. The van der Waals surface area contributed by atoms with Gasteiger partial charge in [-0.3, -0.25) is 4.79 Å².